The van der Waals surface area contributed by atoms with Crippen molar-refractivity contribution in [1.29, 1.82) is 0 Å². The van der Waals surface area contributed by atoms with E-state index in [-0.39, 0.29) is 30.9 Å². The van der Waals surface area contributed by atoms with Crippen LogP contribution in [0.15, 0.2) is 34.6 Å². The largest absolute Gasteiger partial charge is 0.508 e. The van der Waals surface area contributed by atoms with Crippen LogP contribution >= 0.6 is 0 Å². The summed E-state index contributed by atoms with van der Waals surface area (Å²) in [7, 11) is 0. The molecule has 146 valence electrons. The summed E-state index contributed by atoms with van der Waals surface area (Å²) in [5.74, 6) is -2.64. The van der Waals surface area contributed by atoms with Gasteiger partial charge in [-0.3, -0.25) is 9.59 Å². The van der Waals surface area contributed by atoms with Crippen molar-refractivity contribution in [1.82, 2.24) is 0 Å². The Labute approximate surface area is 156 Å². The van der Waals surface area contributed by atoms with Gasteiger partial charge in [-0.25, -0.2) is 0 Å². The summed E-state index contributed by atoms with van der Waals surface area (Å²) >= 11 is 0. The van der Waals surface area contributed by atoms with Gasteiger partial charge in [0.2, 0.25) is 0 Å². The number of carbonyl (C=O) groups is 2. The molecule has 3 N–H and O–H groups in total. The molecule has 0 aromatic carbocycles. The predicted octanol–water partition coefficient (Wildman–Crippen LogP) is 3.42. The maximum atomic E-state index is 12.9. The second-order valence-corrected chi connectivity index (χ2v) is 7.50. The highest BCUT2D eigenvalue weighted by molar-refractivity contribution is 6.24. The third kappa shape index (κ3) is 4.71. The smallest absolute Gasteiger partial charge is 0.176 e. The van der Waals surface area contributed by atoms with E-state index in [1.165, 1.54) is 0 Å². The summed E-state index contributed by atoms with van der Waals surface area (Å²) in [5, 5.41) is 30.9. The number of hydrogen-bond acceptors (Lipinski definition) is 5. The molecular weight excluding hydrogens is 332 g/mol. The zero-order valence-electron chi connectivity index (χ0n) is 16.5. The van der Waals surface area contributed by atoms with Gasteiger partial charge < -0.3 is 15.3 Å². The van der Waals surface area contributed by atoms with Crippen molar-refractivity contribution < 1.29 is 24.9 Å². The van der Waals surface area contributed by atoms with Crippen molar-refractivity contribution in [3.63, 3.8) is 0 Å². The number of hydrogen-bond donors (Lipinski definition) is 3. The molecule has 0 saturated heterocycles. The second kappa shape index (κ2) is 9.28. The molecule has 3 atom stereocenters. The lowest BCUT2D eigenvalue weighted by Gasteiger charge is -2.28. The molecule has 0 heterocycles. The first-order chi connectivity index (χ1) is 12.1. The average Bonchev–Trinajstić information content (AvgIpc) is 2.77. The van der Waals surface area contributed by atoms with E-state index in [0.29, 0.717) is 12.8 Å². The summed E-state index contributed by atoms with van der Waals surface area (Å²) in [4.78, 5) is 25.5. The summed E-state index contributed by atoms with van der Waals surface area (Å²) in [6.45, 7) is 9.02. The lowest BCUT2D eigenvalue weighted by atomic mass is 9.82. The van der Waals surface area contributed by atoms with E-state index in [4.69, 9.17) is 5.11 Å². The fourth-order valence-corrected chi connectivity index (χ4v) is 3.11. The molecule has 0 fully saturated rings. The van der Waals surface area contributed by atoms with Crippen LogP contribution in [0.3, 0.4) is 0 Å². The van der Waals surface area contributed by atoms with Crippen LogP contribution in [0.4, 0.5) is 0 Å². The topological polar surface area (TPSA) is 94.8 Å². The molecule has 0 amide bonds. The van der Waals surface area contributed by atoms with Gasteiger partial charge in [0, 0.05) is 5.92 Å². The van der Waals surface area contributed by atoms with E-state index in [9.17, 15) is 19.8 Å². The molecule has 0 aliphatic heterocycles. The minimum absolute atomic E-state index is 0.0852. The molecule has 5 nitrogen and oxygen atoms in total. The minimum atomic E-state index is -1.76. The van der Waals surface area contributed by atoms with Crippen molar-refractivity contribution in [2.75, 3.05) is 6.61 Å². The van der Waals surface area contributed by atoms with Crippen molar-refractivity contribution >= 4 is 11.6 Å². The van der Waals surface area contributed by atoms with Crippen molar-refractivity contribution in [2.24, 2.45) is 11.8 Å². The van der Waals surface area contributed by atoms with Crippen LogP contribution in [0.1, 0.15) is 60.3 Å². The summed E-state index contributed by atoms with van der Waals surface area (Å²) < 4.78 is 0. The number of Topliss-reactive ketones (excluding diaryl/α,β-unsaturated/α-hetero) is 2. The van der Waals surface area contributed by atoms with Gasteiger partial charge in [-0.05, 0) is 46.5 Å². The Morgan fingerprint density at radius 1 is 1.27 bits per heavy atom. The van der Waals surface area contributed by atoms with Gasteiger partial charge in [0.05, 0.1) is 12.5 Å². The van der Waals surface area contributed by atoms with Crippen LogP contribution in [0.2, 0.25) is 0 Å². The van der Waals surface area contributed by atoms with Gasteiger partial charge in [-0.1, -0.05) is 37.1 Å². The van der Waals surface area contributed by atoms with E-state index in [2.05, 4.69) is 0 Å². The quantitative estimate of drug-likeness (QED) is 0.430. The monoisotopic (exact) mass is 364 g/mol. The normalized spacial score (nSPS) is 24.8. The standard InChI is InChI=1S/C21H32O5/c1-6-15(5)18(23)17-19(24)16(10-9-13(2)3)21(26,20(17)25)11-7-8-14(4)12-22/h8-9,15-16,22,25-26H,6-7,10-12H2,1-5H3/b14-8+/t15?,16-,21?/m0/s1. The van der Waals surface area contributed by atoms with Gasteiger partial charge in [-0.15, -0.1) is 0 Å². The Morgan fingerprint density at radius 2 is 1.88 bits per heavy atom. The molecule has 1 aliphatic carbocycles. The van der Waals surface area contributed by atoms with Crippen LogP contribution < -0.4 is 0 Å². The highest BCUT2D eigenvalue weighted by atomic mass is 16.3. The first-order valence-electron chi connectivity index (χ1n) is 9.24. The zero-order valence-corrected chi connectivity index (χ0v) is 16.5. The molecule has 0 radical (unpaired) electrons. The molecular formula is C21H32O5. The second-order valence-electron chi connectivity index (χ2n) is 7.50. The Bertz CT molecular complexity index is 637. The Hall–Kier alpha value is -1.72. The number of allylic oxidation sites excluding steroid dienone is 4. The maximum Gasteiger partial charge on any atom is 0.176 e. The van der Waals surface area contributed by atoms with Gasteiger partial charge in [0.1, 0.15) is 16.9 Å². The number of rotatable bonds is 9. The maximum absolute atomic E-state index is 12.9. The molecule has 1 rings (SSSR count). The molecule has 0 aromatic rings. The van der Waals surface area contributed by atoms with E-state index < -0.39 is 28.8 Å². The van der Waals surface area contributed by atoms with E-state index in [1.807, 2.05) is 26.8 Å². The minimum Gasteiger partial charge on any atom is -0.508 e. The Morgan fingerprint density at radius 3 is 2.38 bits per heavy atom. The highest BCUT2D eigenvalue weighted by Gasteiger charge is 2.54. The van der Waals surface area contributed by atoms with E-state index in [0.717, 1.165) is 11.1 Å². The SMILES string of the molecule is CCC(C)C(=O)C1=C(O)C(O)(CC/C=C(\C)CO)[C@@H](CC=C(C)C)C1=O. The molecule has 2 unspecified atom stereocenters. The number of aliphatic hydroxyl groups is 3. The third-order valence-electron chi connectivity index (χ3n) is 5.12. The van der Waals surface area contributed by atoms with Gasteiger partial charge in [-0.2, -0.15) is 0 Å². The first kappa shape index (κ1) is 22.3. The highest BCUT2D eigenvalue weighted by Crippen LogP contribution is 2.43. The lowest BCUT2D eigenvalue weighted by Crippen LogP contribution is -2.38. The van der Waals surface area contributed by atoms with Crippen LogP contribution in [0, 0.1) is 11.8 Å². The van der Waals surface area contributed by atoms with Crippen molar-refractivity contribution in [3.05, 3.63) is 34.6 Å². The molecule has 26 heavy (non-hydrogen) atoms. The van der Waals surface area contributed by atoms with Crippen LogP contribution in [-0.2, 0) is 9.59 Å². The average molecular weight is 364 g/mol. The number of aliphatic hydroxyl groups excluding tert-OH is 2. The summed E-state index contributed by atoms with van der Waals surface area (Å²) in [6, 6.07) is 0. The first-order valence-corrected chi connectivity index (χ1v) is 9.24. The summed E-state index contributed by atoms with van der Waals surface area (Å²) in [5.41, 5.74) is -0.249. The Balaban J connectivity index is 3.27. The van der Waals surface area contributed by atoms with E-state index in [1.54, 1.807) is 19.9 Å². The van der Waals surface area contributed by atoms with Crippen molar-refractivity contribution in [3.8, 4) is 0 Å². The molecule has 5 heteroatoms. The number of carbonyl (C=O) groups excluding carboxylic acids is 2. The molecule has 0 aromatic heterocycles. The van der Waals surface area contributed by atoms with E-state index >= 15 is 0 Å². The van der Waals surface area contributed by atoms with Crippen LogP contribution in [-0.4, -0.2) is 39.1 Å². The fourth-order valence-electron chi connectivity index (χ4n) is 3.11. The lowest BCUT2D eigenvalue weighted by molar-refractivity contribution is -0.127. The zero-order chi connectivity index (χ0) is 20.1. The summed E-state index contributed by atoms with van der Waals surface area (Å²) in [6.07, 6.45) is 4.92. The Kier molecular flexibility index (Phi) is 7.97. The third-order valence-corrected chi connectivity index (χ3v) is 5.12. The predicted molar refractivity (Wildman–Crippen MR) is 102 cm³/mol. The molecule has 0 saturated carbocycles. The van der Waals surface area contributed by atoms with Crippen LogP contribution in [0.25, 0.3) is 0 Å². The molecule has 1 aliphatic rings. The van der Waals surface area contributed by atoms with Crippen LogP contribution in [0.5, 0.6) is 0 Å². The van der Waals surface area contributed by atoms with Gasteiger partial charge in [0.25, 0.3) is 0 Å². The van der Waals surface area contributed by atoms with Gasteiger partial charge in [0.15, 0.2) is 11.6 Å². The molecule has 0 bridgehead atoms. The van der Waals surface area contributed by atoms with Gasteiger partial charge >= 0.3 is 0 Å². The van der Waals surface area contributed by atoms with Crippen molar-refractivity contribution in [2.45, 2.75) is 65.9 Å². The molecule has 0 spiro atoms. The number of ketones is 2. The fraction of sp³-hybridized carbons (Fsp3) is 0.619.